The second kappa shape index (κ2) is 7.31. The first-order chi connectivity index (χ1) is 7.19. The zero-order valence-electron chi connectivity index (χ0n) is 9.90. The number of nitrogens with two attached hydrogens (primary N) is 1. The molecule has 0 aliphatic heterocycles. The van der Waals surface area contributed by atoms with Gasteiger partial charge in [-0.05, 0) is 37.0 Å². The van der Waals surface area contributed by atoms with Gasteiger partial charge in [-0.3, -0.25) is 0 Å². The molecular weight excluding hydrogens is 222 g/mol. The second-order valence-corrected chi connectivity index (χ2v) is 3.70. The summed E-state index contributed by atoms with van der Waals surface area (Å²) in [5.41, 5.74) is 8.34. The van der Waals surface area contributed by atoms with Gasteiger partial charge in [-0.25, -0.2) is 0 Å². The Morgan fingerprint density at radius 3 is 2.69 bits per heavy atom. The van der Waals surface area contributed by atoms with Gasteiger partial charge in [-0.15, -0.1) is 19.0 Å². The van der Waals surface area contributed by atoms with E-state index in [-0.39, 0.29) is 18.4 Å². The summed E-state index contributed by atoms with van der Waals surface area (Å²) in [4.78, 5) is 0. The molecule has 1 atom stereocenters. The number of aryl methyl sites for hydroxylation is 1. The monoisotopic (exact) mass is 241 g/mol. The SMILES string of the molecule is C=CCC[C@@H](N)c1ccc(OC)c(C)c1.Cl. The highest BCUT2D eigenvalue weighted by atomic mass is 35.5. The van der Waals surface area contributed by atoms with Gasteiger partial charge in [0.1, 0.15) is 5.75 Å². The number of rotatable bonds is 5. The quantitative estimate of drug-likeness (QED) is 0.802. The Kier molecular flexibility index (Phi) is 6.86. The summed E-state index contributed by atoms with van der Waals surface area (Å²) >= 11 is 0. The van der Waals surface area contributed by atoms with E-state index in [0.29, 0.717) is 0 Å². The van der Waals surface area contributed by atoms with Crippen molar-refractivity contribution in [1.82, 2.24) is 0 Å². The zero-order valence-corrected chi connectivity index (χ0v) is 10.7. The third kappa shape index (κ3) is 3.87. The molecule has 2 N–H and O–H groups in total. The lowest BCUT2D eigenvalue weighted by molar-refractivity contribution is 0.411. The predicted octanol–water partition coefficient (Wildman–Crippen LogP) is 3.39. The Bertz CT molecular complexity index is 339. The molecule has 0 aliphatic rings. The molecule has 0 saturated heterocycles. The molecule has 2 nitrogen and oxygen atoms in total. The molecule has 0 radical (unpaired) electrons. The third-order valence-electron chi connectivity index (χ3n) is 2.53. The topological polar surface area (TPSA) is 35.2 Å². The molecule has 0 heterocycles. The van der Waals surface area contributed by atoms with Crippen molar-refractivity contribution in [3.8, 4) is 5.75 Å². The zero-order chi connectivity index (χ0) is 11.3. The molecular formula is C13H20ClNO. The van der Waals surface area contributed by atoms with E-state index in [1.165, 1.54) is 0 Å². The Balaban J connectivity index is 0.00000225. The maximum atomic E-state index is 6.05. The smallest absolute Gasteiger partial charge is 0.121 e. The summed E-state index contributed by atoms with van der Waals surface area (Å²) in [6, 6.07) is 6.18. The fourth-order valence-electron chi connectivity index (χ4n) is 1.60. The number of hydrogen-bond acceptors (Lipinski definition) is 2. The van der Waals surface area contributed by atoms with E-state index in [0.717, 1.165) is 29.7 Å². The molecule has 0 unspecified atom stereocenters. The van der Waals surface area contributed by atoms with Crippen molar-refractivity contribution in [2.75, 3.05) is 7.11 Å². The number of allylic oxidation sites excluding steroid dienone is 1. The molecule has 3 heteroatoms. The number of benzene rings is 1. The highest BCUT2D eigenvalue weighted by molar-refractivity contribution is 5.85. The van der Waals surface area contributed by atoms with Crippen LogP contribution in [0.2, 0.25) is 0 Å². The van der Waals surface area contributed by atoms with E-state index in [4.69, 9.17) is 10.5 Å². The number of methoxy groups -OCH3 is 1. The molecule has 16 heavy (non-hydrogen) atoms. The van der Waals surface area contributed by atoms with Crippen molar-refractivity contribution < 1.29 is 4.74 Å². The van der Waals surface area contributed by atoms with Gasteiger partial charge in [0, 0.05) is 6.04 Å². The van der Waals surface area contributed by atoms with Crippen molar-refractivity contribution >= 4 is 12.4 Å². The van der Waals surface area contributed by atoms with E-state index in [1.807, 2.05) is 25.1 Å². The predicted molar refractivity (Wildman–Crippen MR) is 71.3 cm³/mol. The van der Waals surface area contributed by atoms with Gasteiger partial charge >= 0.3 is 0 Å². The average molecular weight is 242 g/mol. The first-order valence-electron chi connectivity index (χ1n) is 5.20. The van der Waals surface area contributed by atoms with E-state index >= 15 is 0 Å². The highest BCUT2D eigenvalue weighted by Gasteiger charge is 2.06. The van der Waals surface area contributed by atoms with E-state index in [2.05, 4.69) is 12.6 Å². The van der Waals surface area contributed by atoms with Crippen LogP contribution < -0.4 is 10.5 Å². The maximum Gasteiger partial charge on any atom is 0.121 e. The summed E-state index contributed by atoms with van der Waals surface area (Å²) in [7, 11) is 1.68. The molecule has 90 valence electrons. The first-order valence-corrected chi connectivity index (χ1v) is 5.20. The average Bonchev–Trinajstić information content (AvgIpc) is 2.25. The van der Waals surface area contributed by atoms with Crippen LogP contribution in [-0.4, -0.2) is 7.11 Å². The maximum absolute atomic E-state index is 6.05. The number of hydrogen-bond donors (Lipinski definition) is 1. The third-order valence-corrected chi connectivity index (χ3v) is 2.53. The van der Waals surface area contributed by atoms with E-state index in [1.54, 1.807) is 7.11 Å². The minimum absolute atomic E-state index is 0. The lowest BCUT2D eigenvalue weighted by Gasteiger charge is -2.13. The standard InChI is InChI=1S/C13H19NO.ClH/c1-4-5-6-12(14)11-7-8-13(15-3)10(2)9-11;/h4,7-9,12H,1,5-6,14H2,2-3H3;1H/t12-;/m1./s1. The van der Waals surface area contributed by atoms with Crippen LogP contribution in [0.3, 0.4) is 0 Å². The van der Waals surface area contributed by atoms with Gasteiger partial charge in [0.2, 0.25) is 0 Å². The minimum atomic E-state index is 0. The molecule has 1 rings (SSSR count). The molecule has 0 saturated carbocycles. The van der Waals surface area contributed by atoms with Crippen LogP contribution in [0.5, 0.6) is 5.75 Å². The van der Waals surface area contributed by atoms with Crippen LogP contribution in [0.1, 0.15) is 30.0 Å². The van der Waals surface area contributed by atoms with Crippen LogP contribution in [0.4, 0.5) is 0 Å². The normalized spacial score (nSPS) is 11.4. The van der Waals surface area contributed by atoms with Crippen molar-refractivity contribution in [1.29, 1.82) is 0 Å². The summed E-state index contributed by atoms with van der Waals surface area (Å²) in [6.45, 7) is 5.73. The lowest BCUT2D eigenvalue weighted by Crippen LogP contribution is -2.10. The summed E-state index contributed by atoms with van der Waals surface area (Å²) < 4.78 is 5.20. The van der Waals surface area contributed by atoms with Gasteiger partial charge in [0.15, 0.2) is 0 Å². The molecule has 0 amide bonds. The van der Waals surface area contributed by atoms with E-state index < -0.39 is 0 Å². The minimum Gasteiger partial charge on any atom is -0.496 e. The molecule has 0 aliphatic carbocycles. The van der Waals surface area contributed by atoms with Crippen molar-refractivity contribution in [3.05, 3.63) is 42.0 Å². The Morgan fingerprint density at radius 1 is 1.50 bits per heavy atom. The van der Waals surface area contributed by atoms with Crippen molar-refractivity contribution in [2.45, 2.75) is 25.8 Å². The molecule has 1 aromatic carbocycles. The van der Waals surface area contributed by atoms with Crippen LogP contribution in [0.15, 0.2) is 30.9 Å². The largest absolute Gasteiger partial charge is 0.496 e. The summed E-state index contributed by atoms with van der Waals surface area (Å²) in [5, 5.41) is 0. The molecule has 0 bridgehead atoms. The Morgan fingerprint density at radius 2 is 2.19 bits per heavy atom. The van der Waals surface area contributed by atoms with Gasteiger partial charge in [-0.1, -0.05) is 18.2 Å². The Labute approximate surface area is 104 Å². The van der Waals surface area contributed by atoms with Gasteiger partial charge in [0.05, 0.1) is 7.11 Å². The van der Waals surface area contributed by atoms with Gasteiger partial charge in [-0.2, -0.15) is 0 Å². The molecule has 0 aromatic heterocycles. The summed E-state index contributed by atoms with van der Waals surface area (Å²) in [5.74, 6) is 0.912. The number of halogens is 1. The molecule has 0 spiro atoms. The van der Waals surface area contributed by atoms with Gasteiger partial charge < -0.3 is 10.5 Å². The highest BCUT2D eigenvalue weighted by Crippen LogP contribution is 2.23. The van der Waals surface area contributed by atoms with E-state index in [9.17, 15) is 0 Å². The van der Waals surface area contributed by atoms with Crippen LogP contribution >= 0.6 is 12.4 Å². The van der Waals surface area contributed by atoms with Crippen molar-refractivity contribution in [3.63, 3.8) is 0 Å². The Hall–Kier alpha value is -0.990. The fraction of sp³-hybridized carbons (Fsp3) is 0.385. The van der Waals surface area contributed by atoms with Crippen LogP contribution in [0.25, 0.3) is 0 Å². The van der Waals surface area contributed by atoms with Crippen LogP contribution in [-0.2, 0) is 0 Å². The number of ether oxygens (including phenoxy) is 1. The van der Waals surface area contributed by atoms with Crippen LogP contribution in [0, 0.1) is 6.92 Å². The second-order valence-electron chi connectivity index (χ2n) is 3.70. The fourth-order valence-corrected chi connectivity index (χ4v) is 1.60. The molecule has 1 aromatic rings. The van der Waals surface area contributed by atoms with Crippen molar-refractivity contribution in [2.24, 2.45) is 5.73 Å². The molecule has 0 fully saturated rings. The summed E-state index contributed by atoms with van der Waals surface area (Å²) in [6.07, 6.45) is 3.79. The first kappa shape index (κ1) is 15.0. The lowest BCUT2D eigenvalue weighted by atomic mass is 10.0. The van der Waals surface area contributed by atoms with Gasteiger partial charge in [0.25, 0.3) is 0 Å².